The van der Waals surface area contributed by atoms with Crippen molar-refractivity contribution in [1.82, 2.24) is 18.2 Å². The molecule has 0 spiro atoms. The van der Waals surface area contributed by atoms with E-state index >= 15 is 0 Å². The molecule has 1 aliphatic heterocycles. The molecular formula is C17H24N4O4S2. The van der Waals surface area contributed by atoms with Crippen molar-refractivity contribution in [3.63, 3.8) is 0 Å². The first-order valence-electron chi connectivity index (χ1n) is 8.61. The monoisotopic (exact) mass is 412 g/mol. The van der Waals surface area contributed by atoms with Crippen molar-refractivity contribution >= 4 is 20.0 Å². The van der Waals surface area contributed by atoms with Gasteiger partial charge < -0.3 is 4.57 Å². The van der Waals surface area contributed by atoms with Crippen molar-refractivity contribution in [2.45, 2.75) is 30.7 Å². The second kappa shape index (κ2) is 7.01. The van der Waals surface area contributed by atoms with Crippen molar-refractivity contribution < 1.29 is 16.8 Å². The fraction of sp³-hybridized carbons (Fsp3) is 0.471. The summed E-state index contributed by atoms with van der Waals surface area (Å²) in [6.45, 7) is 5.83. The highest BCUT2D eigenvalue weighted by atomic mass is 32.2. The van der Waals surface area contributed by atoms with Gasteiger partial charge in [0.2, 0.25) is 10.0 Å². The number of rotatable bonds is 4. The van der Waals surface area contributed by atoms with E-state index in [2.05, 4.69) is 4.98 Å². The van der Waals surface area contributed by atoms with Gasteiger partial charge in [0.1, 0.15) is 5.82 Å². The molecule has 0 radical (unpaired) electrons. The van der Waals surface area contributed by atoms with E-state index in [1.807, 2.05) is 13.0 Å². The molecule has 1 saturated heterocycles. The highest BCUT2D eigenvalue weighted by Crippen LogP contribution is 2.24. The van der Waals surface area contributed by atoms with Crippen molar-refractivity contribution in [1.29, 1.82) is 0 Å². The lowest BCUT2D eigenvalue weighted by molar-refractivity contribution is 0.272. The summed E-state index contributed by atoms with van der Waals surface area (Å²) in [7, 11) is -5.65. The Bertz CT molecular complexity index is 1050. The molecule has 0 unspecified atom stereocenters. The van der Waals surface area contributed by atoms with E-state index in [1.54, 1.807) is 37.6 Å². The minimum atomic E-state index is -3.73. The van der Waals surface area contributed by atoms with Crippen molar-refractivity contribution in [3.05, 3.63) is 41.3 Å². The lowest BCUT2D eigenvalue weighted by Gasteiger charge is -2.33. The lowest BCUT2D eigenvalue weighted by Crippen LogP contribution is -2.50. The quantitative estimate of drug-likeness (QED) is 0.748. The molecule has 1 aromatic carbocycles. The van der Waals surface area contributed by atoms with Crippen molar-refractivity contribution in [2.75, 3.05) is 26.2 Å². The second-order valence-electron chi connectivity index (χ2n) is 6.81. The van der Waals surface area contributed by atoms with Crippen molar-refractivity contribution in [3.8, 4) is 0 Å². The summed E-state index contributed by atoms with van der Waals surface area (Å²) in [6, 6.07) is 5.21. The highest BCUT2D eigenvalue weighted by Gasteiger charge is 2.35. The Labute approximate surface area is 160 Å². The molecule has 0 amide bonds. The van der Waals surface area contributed by atoms with Crippen LogP contribution in [0.5, 0.6) is 0 Å². The van der Waals surface area contributed by atoms with Crippen LogP contribution in [0.4, 0.5) is 0 Å². The minimum absolute atomic E-state index is 0.00631. The lowest BCUT2D eigenvalue weighted by atomic mass is 10.2. The van der Waals surface area contributed by atoms with E-state index in [4.69, 9.17) is 0 Å². The molecule has 0 aliphatic carbocycles. The Morgan fingerprint density at radius 2 is 1.44 bits per heavy atom. The van der Waals surface area contributed by atoms with Gasteiger partial charge in [-0.05, 0) is 32.4 Å². The fourth-order valence-corrected chi connectivity index (χ4v) is 6.24. The van der Waals surface area contributed by atoms with Gasteiger partial charge in [0.05, 0.1) is 4.90 Å². The minimum Gasteiger partial charge on any atom is -0.337 e. The molecule has 3 rings (SSSR count). The van der Waals surface area contributed by atoms with Gasteiger partial charge in [0.15, 0.2) is 5.03 Å². The first-order valence-corrected chi connectivity index (χ1v) is 11.5. The standard InChI is InChI=1S/C17H24N4O4S2/c1-13-5-6-16(14(2)11-13)26(22,23)20-7-9-21(10-8-20)27(24,25)17-12-19(4)15(3)18-17/h5-6,11-12H,7-10H2,1-4H3. The van der Waals surface area contributed by atoms with Crippen LogP contribution in [0.25, 0.3) is 0 Å². The molecule has 2 heterocycles. The topological polar surface area (TPSA) is 92.6 Å². The van der Waals surface area contributed by atoms with E-state index < -0.39 is 20.0 Å². The van der Waals surface area contributed by atoms with E-state index in [9.17, 15) is 16.8 Å². The molecule has 148 valence electrons. The molecule has 1 aromatic heterocycles. The smallest absolute Gasteiger partial charge is 0.262 e. The van der Waals surface area contributed by atoms with Gasteiger partial charge in [-0.25, -0.2) is 21.8 Å². The van der Waals surface area contributed by atoms with Crippen LogP contribution in [0, 0.1) is 20.8 Å². The number of piperazine rings is 1. The van der Waals surface area contributed by atoms with Crippen molar-refractivity contribution in [2.24, 2.45) is 7.05 Å². The predicted octanol–water partition coefficient (Wildman–Crippen LogP) is 1.04. The zero-order valence-electron chi connectivity index (χ0n) is 15.9. The average molecular weight is 413 g/mol. The van der Waals surface area contributed by atoms with Crippen LogP contribution < -0.4 is 0 Å². The van der Waals surface area contributed by atoms with E-state index in [-0.39, 0.29) is 36.1 Å². The number of hydrogen-bond donors (Lipinski definition) is 0. The molecule has 2 aromatic rings. The number of benzene rings is 1. The third-order valence-corrected chi connectivity index (χ3v) is 8.67. The number of nitrogens with zero attached hydrogens (tertiary/aromatic N) is 4. The molecule has 10 heteroatoms. The normalized spacial score (nSPS) is 17.3. The van der Waals surface area contributed by atoms with Gasteiger partial charge in [-0.15, -0.1) is 0 Å². The Hall–Kier alpha value is -1.75. The summed E-state index contributed by atoms with van der Waals surface area (Å²) in [4.78, 5) is 4.36. The first kappa shape index (κ1) is 20.0. The van der Waals surface area contributed by atoms with Crippen LogP contribution in [0.3, 0.4) is 0 Å². The largest absolute Gasteiger partial charge is 0.337 e. The highest BCUT2D eigenvalue weighted by molar-refractivity contribution is 7.89. The molecule has 1 aliphatic rings. The van der Waals surface area contributed by atoms with Gasteiger partial charge in [0.25, 0.3) is 10.0 Å². The summed E-state index contributed by atoms with van der Waals surface area (Å²) in [5.41, 5.74) is 1.68. The summed E-state index contributed by atoms with van der Waals surface area (Å²) in [5, 5.41) is -0.00631. The number of aromatic nitrogens is 2. The van der Waals surface area contributed by atoms with Gasteiger partial charge in [-0.3, -0.25) is 0 Å². The molecule has 8 nitrogen and oxygen atoms in total. The van der Waals surface area contributed by atoms with Crippen LogP contribution in [-0.4, -0.2) is 61.2 Å². The van der Waals surface area contributed by atoms with Gasteiger partial charge in [-0.2, -0.15) is 8.61 Å². The predicted molar refractivity (Wildman–Crippen MR) is 101 cm³/mol. The number of sulfonamides is 2. The molecule has 0 bridgehead atoms. The van der Waals surface area contributed by atoms with E-state index in [0.717, 1.165) is 5.56 Å². The maximum absolute atomic E-state index is 12.9. The molecular weight excluding hydrogens is 388 g/mol. The molecule has 27 heavy (non-hydrogen) atoms. The Kier molecular flexibility index (Phi) is 5.19. The second-order valence-corrected chi connectivity index (χ2v) is 10.6. The van der Waals surface area contributed by atoms with Crippen LogP contribution in [0.1, 0.15) is 17.0 Å². The van der Waals surface area contributed by atoms with Crippen LogP contribution in [0.2, 0.25) is 0 Å². The zero-order valence-corrected chi connectivity index (χ0v) is 17.5. The maximum Gasteiger partial charge on any atom is 0.262 e. The van der Waals surface area contributed by atoms with E-state index in [1.165, 1.54) is 14.8 Å². The first-order chi connectivity index (χ1) is 12.5. The number of aryl methyl sites for hydroxylation is 4. The van der Waals surface area contributed by atoms with Crippen LogP contribution in [0.15, 0.2) is 34.3 Å². The third-order valence-electron chi connectivity index (χ3n) is 4.84. The summed E-state index contributed by atoms with van der Waals surface area (Å²) in [6.07, 6.45) is 1.48. The summed E-state index contributed by atoms with van der Waals surface area (Å²) >= 11 is 0. The molecule has 0 N–H and O–H groups in total. The summed E-state index contributed by atoms with van der Waals surface area (Å²) < 4.78 is 55.7. The fourth-order valence-electron chi connectivity index (χ4n) is 3.16. The number of hydrogen-bond acceptors (Lipinski definition) is 5. The average Bonchev–Trinajstić information content (AvgIpc) is 2.94. The van der Waals surface area contributed by atoms with Crippen LogP contribution >= 0.6 is 0 Å². The van der Waals surface area contributed by atoms with Gasteiger partial charge >= 0.3 is 0 Å². The molecule has 0 saturated carbocycles. The zero-order chi connectivity index (χ0) is 20.0. The van der Waals surface area contributed by atoms with E-state index in [0.29, 0.717) is 11.4 Å². The Morgan fingerprint density at radius 3 is 1.93 bits per heavy atom. The SMILES string of the molecule is Cc1ccc(S(=O)(=O)N2CCN(S(=O)(=O)c3cn(C)c(C)n3)CC2)c(C)c1. The molecule has 0 atom stereocenters. The maximum atomic E-state index is 12.9. The Balaban J connectivity index is 1.78. The van der Waals surface area contributed by atoms with Crippen LogP contribution in [-0.2, 0) is 27.1 Å². The number of imidazole rings is 1. The van der Waals surface area contributed by atoms with Gasteiger partial charge in [0, 0.05) is 39.4 Å². The summed E-state index contributed by atoms with van der Waals surface area (Å²) in [5.74, 6) is 0.602. The molecule has 1 fully saturated rings. The van der Waals surface area contributed by atoms with Gasteiger partial charge in [-0.1, -0.05) is 17.7 Å². The third kappa shape index (κ3) is 3.66. The Morgan fingerprint density at radius 1 is 0.889 bits per heavy atom.